The highest BCUT2D eigenvalue weighted by Crippen LogP contribution is 2.27. The van der Waals surface area contributed by atoms with Crippen LogP contribution in [0, 0.1) is 0 Å². The lowest BCUT2D eigenvalue weighted by Crippen LogP contribution is -2.28. The number of rotatable bonds is 6. The number of benzene rings is 2. The summed E-state index contributed by atoms with van der Waals surface area (Å²) in [6.45, 7) is 0.402. The topological polar surface area (TPSA) is 84.8 Å². The first-order valence-corrected chi connectivity index (χ1v) is 9.15. The zero-order chi connectivity index (χ0) is 17.8. The Morgan fingerprint density at radius 2 is 2.08 bits per heavy atom. The first-order valence-electron chi connectivity index (χ1n) is 7.18. The Labute approximate surface area is 157 Å². The van der Waals surface area contributed by atoms with Gasteiger partial charge in [-0.05, 0) is 41.3 Å². The number of thiophene rings is 1. The number of amides is 1. The Hall–Kier alpha value is -1.65. The second-order valence-corrected chi connectivity index (χ2v) is 7.60. The molecule has 130 valence electrons. The van der Waals surface area contributed by atoms with Crippen molar-refractivity contribution >= 4 is 50.9 Å². The summed E-state index contributed by atoms with van der Waals surface area (Å²) in [4.78, 5) is 12.7. The molecule has 0 radical (unpaired) electrons. The van der Waals surface area contributed by atoms with Gasteiger partial charge in [-0.25, -0.2) is 10.9 Å². The molecular formula is C16H14ClN3O3S2. The van der Waals surface area contributed by atoms with Gasteiger partial charge >= 0.3 is 0 Å². The maximum absolute atomic E-state index is 11.5. The first kappa shape index (κ1) is 18.2. The second kappa shape index (κ2) is 8.15. The maximum atomic E-state index is 11.5. The Morgan fingerprint density at radius 1 is 1.24 bits per heavy atom. The minimum atomic E-state index is -0.527. The second-order valence-electron chi connectivity index (χ2n) is 5.08. The lowest BCUT2D eigenvalue weighted by atomic mass is 10.2. The van der Waals surface area contributed by atoms with Crippen molar-refractivity contribution in [1.82, 2.24) is 15.5 Å². The van der Waals surface area contributed by atoms with Crippen molar-refractivity contribution < 1.29 is 15.2 Å². The smallest absolute Gasteiger partial charge is 0.284 e. The number of fused-ring (bicyclic) bond motifs is 1. The SMILES string of the molecule is O=C(NO)c1cc2ccc(CNN(O)Sc3cccc(Cl)c3)cc2s1. The summed E-state index contributed by atoms with van der Waals surface area (Å²) >= 11 is 8.31. The number of nitrogens with one attached hydrogen (secondary N) is 2. The van der Waals surface area contributed by atoms with Crippen molar-refractivity contribution in [3.8, 4) is 0 Å². The third kappa shape index (κ3) is 4.71. The van der Waals surface area contributed by atoms with Gasteiger partial charge in [0.25, 0.3) is 5.91 Å². The van der Waals surface area contributed by atoms with Crippen LogP contribution in [-0.2, 0) is 6.54 Å². The van der Waals surface area contributed by atoms with Crippen LogP contribution in [0.5, 0.6) is 0 Å². The molecule has 0 unspecified atom stereocenters. The molecule has 3 aromatic rings. The largest absolute Gasteiger partial charge is 0.289 e. The maximum Gasteiger partial charge on any atom is 0.284 e. The Morgan fingerprint density at radius 3 is 2.84 bits per heavy atom. The fraction of sp³-hybridized carbons (Fsp3) is 0.0625. The molecule has 3 rings (SSSR count). The van der Waals surface area contributed by atoms with E-state index in [4.69, 9.17) is 16.8 Å². The molecular weight excluding hydrogens is 382 g/mol. The van der Waals surface area contributed by atoms with Gasteiger partial charge in [-0.15, -0.1) is 11.3 Å². The fourth-order valence-corrected chi connectivity index (χ4v) is 4.09. The van der Waals surface area contributed by atoms with Crippen molar-refractivity contribution in [3.05, 3.63) is 64.0 Å². The van der Waals surface area contributed by atoms with Crippen LogP contribution in [0.15, 0.2) is 53.4 Å². The highest BCUT2D eigenvalue weighted by Gasteiger charge is 2.10. The van der Waals surface area contributed by atoms with Gasteiger partial charge in [0.1, 0.15) is 0 Å². The van der Waals surface area contributed by atoms with Crippen LogP contribution in [-0.4, -0.2) is 20.9 Å². The summed E-state index contributed by atoms with van der Waals surface area (Å²) < 4.78 is 1.85. The molecule has 0 aliphatic rings. The predicted octanol–water partition coefficient (Wildman–Crippen LogP) is 4.08. The zero-order valence-electron chi connectivity index (χ0n) is 12.8. The highest BCUT2D eigenvalue weighted by molar-refractivity contribution is 7.96. The Kier molecular flexibility index (Phi) is 5.92. The molecule has 0 spiro atoms. The van der Waals surface area contributed by atoms with E-state index in [1.54, 1.807) is 23.7 Å². The molecule has 9 heteroatoms. The summed E-state index contributed by atoms with van der Waals surface area (Å²) in [6, 6.07) is 14.6. The summed E-state index contributed by atoms with van der Waals surface area (Å²) in [5, 5.41) is 20.2. The molecule has 0 saturated carbocycles. The Balaban J connectivity index is 1.63. The zero-order valence-corrected chi connectivity index (χ0v) is 15.2. The van der Waals surface area contributed by atoms with Crippen LogP contribution in [0.4, 0.5) is 0 Å². The molecule has 1 amide bonds. The highest BCUT2D eigenvalue weighted by atomic mass is 35.5. The number of hydrazine groups is 1. The van der Waals surface area contributed by atoms with Gasteiger partial charge in [0.2, 0.25) is 0 Å². The number of hydrogen-bond acceptors (Lipinski definition) is 7. The van der Waals surface area contributed by atoms with Crippen molar-refractivity contribution in [1.29, 1.82) is 0 Å². The van der Waals surface area contributed by atoms with Crippen molar-refractivity contribution in [3.63, 3.8) is 0 Å². The van der Waals surface area contributed by atoms with E-state index in [9.17, 15) is 10.0 Å². The normalized spacial score (nSPS) is 11.2. The van der Waals surface area contributed by atoms with E-state index in [0.29, 0.717) is 16.4 Å². The predicted molar refractivity (Wildman–Crippen MR) is 98.9 cm³/mol. The van der Waals surface area contributed by atoms with Crippen LogP contribution in [0.3, 0.4) is 0 Å². The molecule has 6 nitrogen and oxygen atoms in total. The van der Waals surface area contributed by atoms with Gasteiger partial charge in [-0.1, -0.05) is 34.4 Å². The quantitative estimate of drug-likeness (QED) is 0.286. The molecule has 0 fully saturated rings. The van der Waals surface area contributed by atoms with E-state index >= 15 is 0 Å². The van der Waals surface area contributed by atoms with Gasteiger partial charge in [0, 0.05) is 33.1 Å². The van der Waals surface area contributed by atoms with E-state index < -0.39 is 5.91 Å². The average Bonchev–Trinajstić information content (AvgIpc) is 3.02. The molecule has 4 N–H and O–H groups in total. The third-order valence-electron chi connectivity index (χ3n) is 3.32. The average molecular weight is 396 g/mol. The van der Waals surface area contributed by atoms with Crippen LogP contribution < -0.4 is 10.9 Å². The first-order chi connectivity index (χ1) is 12.0. The molecule has 25 heavy (non-hydrogen) atoms. The van der Waals surface area contributed by atoms with E-state index in [1.165, 1.54) is 11.3 Å². The van der Waals surface area contributed by atoms with Crippen LogP contribution in [0.1, 0.15) is 15.2 Å². The molecule has 0 aliphatic carbocycles. The van der Waals surface area contributed by atoms with Gasteiger partial charge in [0.15, 0.2) is 0 Å². The van der Waals surface area contributed by atoms with Gasteiger partial charge in [0.05, 0.1) is 4.88 Å². The summed E-state index contributed by atoms with van der Waals surface area (Å²) in [5.41, 5.74) is 5.44. The number of hydrogen-bond donors (Lipinski definition) is 4. The van der Waals surface area contributed by atoms with Gasteiger partial charge < -0.3 is 0 Å². The molecule has 0 atom stereocenters. The van der Waals surface area contributed by atoms with E-state index in [-0.39, 0.29) is 0 Å². The van der Waals surface area contributed by atoms with Crippen molar-refractivity contribution in [2.45, 2.75) is 11.4 Å². The van der Waals surface area contributed by atoms with E-state index in [2.05, 4.69) is 5.43 Å². The third-order valence-corrected chi connectivity index (χ3v) is 5.41. The number of carbonyl (C=O) groups is 1. The van der Waals surface area contributed by atoms with E-state index in [0.717, 1.165) is 37.1 Å². The molecule has 0 aliphatic heterocycles. The lowest BCUT2D eigenvalue weighted by Gasteiger charge is -2.14. The van der Waals surface area contributed by atoms with Gasteiger partial charge in [-0.2, -0.15) is 0 Å². The number of carbonyl (C=O) groups excluding carboxylic acids is 1. The minimum absolute atomic E-state index is 0.402. The lowest BCUT2D eigenvalue weighted by molar-refractivity contribution is -0.0342. The van der Waals surface area contributed by atoms with Crippen molar-refractivity contribution in [2.24, 2.45) is 0 Å². The van der Waals surface area contributed by atoms with Crippen LogP contribution >= 0.6 is 34.9 Å². The monoisotopic (exact) mass is 395 g/mol. The molecule has 1 heterocycles. The molecule has 0 saturated heterocycles. The fourth-order valence-electron chi connectivity index (χ4n) is 2.17. The standard InChI is InChI=1S/C16H14ClN3O3S2/c17-12-2-1-3-13(8-12)25-20(23)18-9-10-4-5-11-7-15(16(21)19-22)24-14(11)6-10/h1-8,18,22-23H,9H2,(H,19,21). The molecule has 0 bridgehead atoms. The number of nitrogens with zero attached hydrogens (tertiary/aromatic N) is 1. The van der Waals surface area contributed by atoms with Crippen LogP contribution in [0.2, 0.25) is 5.02 Å². The minimum Gasteiger partial charge on any atom is -0.289 e. The number of hydroxylamine groups is 1. The van der Waals surface area contributed by atoms with Crippen LogP contribution in [0.25, 0.3) is 10.1 Å². The summed E-state index contributed by atoms with van der Waals surface area (Å²) in [7, 11) is 0. The van der Waals surface area contributed by atoms with Crippen molar-refractivity contribution in [2.75, 3.05) is 0 Å². The molecule has 2 aromatic carbocycles. The Bertz CT molecular complexity index is 903. The van der Waals surface area contributed by atoms with Gasteiger partial charge in [-0.3, -0.25) is 15.2 Å². The summed E-state index contributed by atoms with van der Waals surface area (Å²) in [6.07, 6.45) is 0. The van der Waals surface area contributed by atoms with E-state index in [1.807, 2.05) is 30.3 Å². The number of halogens is 1. The summed E-state index contributed by atoms with van der Waals surface area (Å²) in [5.74, 6) is -0.527. The molecule has 1 aromatic heterocycles.